The predicted molar refractivity (Wildman–Crippen MR) is 245 cm³/mol. The summed E-state index contributed by atoms with van der Waals surface area (Å²) in [7, 11) is 2.88. The number of aliphatic imine (C=N–C) groups is 1. The lowest BCUT2D eigenvalue weighted by Crippen LogP contribution is -2.52. The maximum Gasteiger partial charge on any atom is 0.257 e. The molecule has 342 valence electrons. The number of rotatable bonds is 16. The Hall–Kier alpha value is -6.99. The molecule has 0 spiro atoms. The van der Waals surface area contributed by atoms with Crippen molar-refractivity contribution in [2.75, 3.05) is 33.9 Å². The number of carbonyl (C=O) groups is 5. The minimum Gasteiger partial charge on any atom is -0.493 e. The maximum atomic E-state index is 13.4. The number of aromatic nitrogens is 3. The number of azo groups is 1. The third-order valence-electron chi connectivity index (χ3n) is 11.6. The third kappa shape index (κ3) is 9.39. The van der Waals surface area contributed by atoms with Crippen molar-refractivity contribution in [2.45, 2.75) is 71.5 Å². The number of aryl methyl sites for hydroxylation is 2. The van der Waals surface area contributed by atoms with E-state index in [1.807, 2.05) is 35.8 Å². The fraction of sp³-hybridized carbons (Fsp3) is 0.348. The van der Waals surface area contributed by atoms with Gasteiger partial charge in [0.05, 0.1) is 37.7 Å². The summed E-state index contributed by atoms with van der Waals surface area (Å²) in [4.78, 5) is 71.4. The smallest absolute Gasteiger partial charge is 0.257 e. The molecule has 0 aliphatic carbocycles. The highest BCUT2D eigenvalue weighted by Crippen LogP contribution is 2.43. The van der Waals surface area contributed by atoms with Crippen LogP contribution in [0.2, 0.25) is 5.02 Å². The number of hydrogen-bond acceptors (Lipinski definition) is 14. The fourth-order valence-electron chi connectivity index (χ4n) is 8.12. The number of piperidine rings is 1. The number of thiophene rings is 1. The van der Waals surface area contributed by atoms with Crippen molar-refractivity contribution in [1.82, 2.24) is 35.6 Å². The second-order valence-electron chi connectivity index (χ2n) is 15.9. The number of fused-ring (bicyclic) bond motifs is 4. The molecule has 0 bridgehead atoms. The van der Waals surface area contributed by atoms with Gasteiger partial charge in [-0.05, 0) is 69.9 Å². The SMILES string of the molecule is COc1cc(/N=N/c2cccc3c2CN(C2CCC(=O)NC2=O)C3=O)cc(OC)c1OCC(=O)NCCCCNC(=O)C[C@@H]1N=C(c2ccc(Cl)cc2)c2c(sc(C)c2C)-n2c(C)nnc21. The minimum atomic E-state index is -0.758. The Morgan fingerprint density at radius 3 is 2.35 bits per heavy atom. The molecule has 2 atom stereocenters. The average Bonchev–Trinajstić information content (AvgIpc) is 3.92. The van der Waals surface area contributed by atoms with Crippen LogP contribution in [0.1, 0.15) is 87.3 Å². The highest BCUT2D eigenvalue weighted by Gasteiger charge is 2.40. The molecular formula is C46H47ClN10O8S. The van der Waals surface area contributed by atoms with Gasteiger partial charge in [0.2, 0.25) is 23.5 Å². The summed E-state index contributed by atoms with van der Waals surface area (Å²) in [5.74, 6) is 0.270. The summed E-state index contributed by atoms with van der Waals surface area (Å²) >= 11 is 7.88. The molecule has 2 aromatic heterocycles. The van der Waals surface area contributed by atoms with Gasteiger partial charge in [-0.1, -0.05) is 29.8 Å². The van der Waals surface area contributed by atoms with Crippen LogP contribution in [-0.2, 0) is 25.7 Å². The monoisotopic (exact) mass is 934 g/mol. The first-order valence-electron chi connectivity index (χ1n) is 21.3. The van der Waals surface area contributed by atoms with Gasteiger partial charge in [-0.2, -0.15) is 10.2 Å². The second-order valence-corrected chi connectivity index (χ2v) is 17.5. The number of nitrogens with one attached hydrogen (secondary N) is 3. The molecule has 1 unspecified atom stereocenters. The highest BCUT2D eigenvalue weighted by atomic mass is 35.5. The van der Waals surface area contributed by atoms with Crippen LogP contribution in [0.5, 0.6) is 17.2 Å². The number of hydrogen-bond donors (Lipinski definition) is 3. The molecule has 1 fully saturated rings. The number of methoxy groups -OCH3 is 2. The molecule has 5 aromatic rings. The van der Waals surface area contributed by atoms with Crippen LogP contribution < -0.4 is 30.2 Å². The Balaban J connectivity index is 0.826. The van der Waals surface area contributed by atoms with Crippen molar-refractivity contribution in [1.29, 1.82) is 0 Å². The molecule has 18 nitrogen and oxygen atoms in total. The maximum absolute atomic E-state index is 13.4. The average molecular weight is 935 g/mol. The van der Waals surface area contributed by atoms with Gasteiger partial charge in [-0.25, -0.2) is 0 Å². The molecule has 5 heterocycles. The quantitative estimate of drug-likeness (QED) is 0.0556. The van der Waals surface area contributed by atoms with E-state index in [2.05, 4.69) is 50.2 Å². The van der Waals surface area contributed by atoms with Crippen LogP contribution in [0, 0.1) is 20.8 Å². The first kappa shape index (κ1) is 45.6. The normalized spacial score (nSPS) is 16.5. The summed E-state index contributed by atoms with van der Waals surface area (Å²) in [6.45, 7) is 6.62. The molecule has 1 saturated heterocycles. The van der Waals surface area contributed by atoms with Crippen molar-refractivity contribution in [3.63, 3.8) is 0 Å². The molecule has 0 radical (unpaired) electrons. The standard InChI is InChI=1S/C46H47ClN10O8S/c1-24-25(2)66-46-40(24)41(27-11-13-28(47)14-12-27)50-33(43-55-52-26(3)57(43)46)21-38(59)48-17-6-7-18-49-39(60)23-65-42-35(63-4)19-29(20-36(42)64-5)53-54-32-10-8-9-30-31(32)22-56(45(30)62)34-15-16-37(58)51-44(34)61/h8-14,19-20,33-34H,6-7,15-18,21-23H2,1-5H3,(H,48,59)(H,49,60)(H,51,58,61)/b54-53+/t33-,34?/m0/s1. The Labute approximate surface area is 388 Å². The van der Waals surface area contributed by atoms with Gasteiger partial charge in [0.15, 0.2) is 23.9 Å². The number of nitrogens with zero attached hydrogens (tertiary/aromatic N) is 7. The molecule has 0 saturated carbocycles. The molecule has 20 heteroatoms. The van der Waals surface area contributed by atoms with E-state index in [0.717, 1.165) is 32.3 Å². The van der Waals surface area contributed by atoms with Gasteiger partial charge in [0, 0.05) is 70.3 Å². The van der Waals surface area contributed by atoms with Crippen LogP contribution in [0.3, 0.4) is 0 Å². The number of halogens is 1. The zero-order valence-corrected chi connectivity index (χ0v) is 38.5. The van der Waals surface area contributed by atoms with Gasteiger partial charge < -0.3 is 29.7 Å². The van der Waals surface area contributed by atoms with Gasteiger partial charge in [0.1, 0.15) is 22.9 Å². The molecule has 3 aliphatic heterocycles. The van der Waals surface area contributed by atoms with E-state index in [9.17, 15) is 24.0 Å². The molecule has 3 aliphatic rings. The van der Waals surface area contributed by atoms with E-state index in [4.69, 9.17) is 30.8 Å². The molecule has 3 aromatic carbocycles. The van der Waals surface area contributed by atoms with Crippen molar-refractivity contribution in [2.24, 2.45) is 15.2 Å². The Bertz CT molecular complexity index is 2780. The number of benzene rings is 3. The number of unbranched alkanes of at least 4 members (excludes halogenated alkanes) is 1. The van der Waals surface area contributed by atoms with Gasteiger partial charge in [-0.15, -0.1) is 21.5 Å². The van der Waals surface area contributed by atoms with Crippen molar-refractivity contribution in [3.8, 4) is 22.2 Å². The zero-order chi connectivity index (χ0) is 46.6. The lowest BCUT2D eigenvalue weighted by atomic mass is 9.99. The molecular weight excluding hydrogens is 888 g/mol. The predicted octanol–water partition coefficient (Wildman–Crippen LogP) is 6.47. The van der Waals surface area contributed by atoms with Gasteiger partial charge in [0.25, 0.3) is 11.8 Å². The summed E-state index contributed by atoms with van der Waals surface area (Å²) in [5, 5.41) is 27.4. The molecule has 66 heavy (non-hydrogen) atoms. The van der Waals surface area contributed by atoms with Crippen LogP contribution in [0.15, 0.2) is 69.8 Å². The summed E-state index contributed by atoms with van der Waals surface area (Å²) in [5.41, 5.74) is 5.57. The van der Waals surface area contributed by atoms with E-state index in [1.54, 1.807) is 41.7 Å². The second kappa shape index (κ2) is 19.6. The third-order valence-corrected chi connectivity index (χ3v) is 13.1. The number of ether oxygens (including phenoxy) is 3. The van der Waals surface area contributed by atoms with E-state index in [-0.39, 0.29) is 73.3 Å². The minimum absolute atomic E-state index is 0.0665. The van der Waals surface area contributed by atoms with Crippen LogP contribution in [0.4, 0.5) is 11.4 Å². The summed E-state index contributed by atoms with van der Waals surface area (Å²) in [6, 6.07) is 14.4. The van der Waals surface area contributed by atoms with E-state index >= 15 is 0 Å². The van der Waals surface area contributed by atoms with E-state index in [1.165, 1.54) is 19.1 Å². The zero-order valence-electron chi connectivity index (χ0n) is 36.9. The first-order valence-corrected chi connectivity index (χ1v) is 22.5. The number of imide groups is 1. The van der Waals surface area contributed by atoms with Crippen LogP contribution >= 0.6 is 22.9 Å². The first-order chi connectivity index (χ1) is 31.8. The Morgan fingerprint density at radius 1 is 0.939 bits per heavy atom. The number of amides is 5. The molecule has 8 rings (SSSR count). The Kier molecular flexibility index (Phi) is 13.6. The molecule has 3 N–H and O–H groups in total. The summed E-state index contributed by atoms with van der Waals surface area (Å²) < 4.78 is 19.0. The lowest BCUT2D eigenvalue weighted by molar-refractivity contribution is -0.137. The van der Waals surface area contributed by atoms with E-state index < -0.39 is 18.0 Å². The largest absolute Gasteiger partial charge is 0.493 e. The lowest BCUT2D eigenvalue weighted by Gasteiger charge is -2.29. The molecule has 5 amide bonds. The van der Waals surface area contributed by atoms with Crippen molar-refractivity contribution < 1.29 is 38.2 Å². The topological polar surface area (TPSA) is 220 Å². The Morgan fingerprint density at radius 2 is 1.65 bits per heavy atom. The van der Waals surface area contributed by atoms with Crippen LogP contribution in [-0.4, -0.2) is 94.9 Å². The fourth-order valence-corrected chi connectivity index (χ4v) is 9.46. The highest BCUT2D eigenvalue weighted by molar-refractivity contribution is 7.15. The van der Waals surface area contributed by atoms with Crippen molar-refractivity contribution in [3.05, 3.63) is 104 Å². The summed E-state index contributed by atoms with van der Waals surface area (Å²) in [6.07, 6.45) is 1.67. The van der Waals surface area contributed by atoms with Gasteiger partial charge >= 0.3 is 0 Å². The van der Waals surface area contributed by atoms with E-state index in [0.29, 0.717) is 65.1 Å². The van der Waals surface area contributed by atoms with Crippen molar-refractivity contribution >= 4 is 69.6 Å². The van der Waals surface area contributed by atoms with Crippen LogP contribution in [0.25, 0.3) is 5.00 Å². The number of carbonyl (C=O) groups excluding carboxylic acids is 5. The van der Waals surface area contributed by atoms with Gasteiger partial charge in [-0.3, -0.25) is 38.8 Å².